The van der Waals surface area contributed by atoms with Crippen molar-refractivity contribution in [2.24, 2.45) is 5.92 Å². The maximum atomic E-state index is 12.3. The number of fused-ring (bicyclic) bond motifs is 1. The molecule has 0 bridgehead atoms. The summed E-state index contributed by atoms with van der Waals surface area (Å²) in [5.74, 6) is 2.74. The van der Waals surface area contributed by atoms with Gasteiger partial charge >= 0.3 is 0 Å². The predicted octanol–water partition coefficient (Wildman–Crippen LogP) is 2.52. The van der Waals surface area contributed by atoms with Gasteiger partial charge in [-0.05, 0) is 40.0 Å². The number of aromatic nitrogens is 2. The van der Waals surface area contributed by atoms with Gasteiger partial charge in [-0.1, -0.05) is 0 Å². The molecule has 1 fully saturated rings. The van der Waals surface area contributed by atoms with E-state index in [1.807, 2.05) is 20.8 Å². The van der Waals surface area contributed by atoms with Crippen LogP contribution in [0.2, 0.25) is 0 Å². The highest BCUT2D eigenvalue weighted by atomic mass is 16.5. The van der Waals surface area contributed by atoms with E-state index in [1.54, 1.807) is 7.11 Å². The summed E-state index contributed by atoms with van der Waals surface area (Å²) in [7, 11) is 1.67. The Bertz CT molecular complexity index is 779. The molecule has 7 heteroatoms. The zero-order chi connectivity index (χ0) is 18.7. The van der Waals surface area contributed by atoms with E-state index < -0.39 is 0 Å². The zero-order valence-corrected chi connectivity index (χ0v) is 16.1. The van der Waals surface area contributed by atoms with Crippen molar-refractivity contribution in [1.29, 1.82) is 0 Å². The third kappa shape index (κ3) is 3.82. The van der Waals surface area contributed by atoms with Crippen LogP contribution in [0.5, 0.6) is 0 Å². The number of carbonyl (C=O) groups excluding carboxylic acids is 1. The number of methoxy groups -OCH3 is 1. The molecule has 26 heavy (non-hydrogen) atoms. The molecule has 1 aliphatic heterocycles. The van der Waals surface area contributed by atoms with Gasteiger partial charge in [-0.2, -0.15) is 4.98 Å². The highest BCUT2D eigenvalue weighted by Gasteiger charge is 2.27. The molecule has 0 unspecified atom stereocenters. The summed E-state index contributed by atoms with van der Waals surface area (Å²) in [5, 5.41) is 4.01. The number of piperidine rings is 1. The van der Waals surface area contributed by atoms with E-state index in [0.717, 1.165) is 54.9 Å². The summed E-state index contributed by atoms with van der Waals surface area (Å²) in [6.45, 7) is 8.85. The second-order valence-electron chi connectivity index (χ2n) is 6.96. The second-order valence-corrected chi connectivity index (χ2v) is 6.96. The number of carbonyl (C=O) groups is 1. The molecule has 0 aliphatic carbocycles. The Balaban J connectivity index is 1.67. The van der Waals surface area contributed by atoms with Crippen molar-refractivity contribution in [3.63, 3.8) is 0 Å². The van der Waals surface area contributed by atoms with Gasteiger partial charge in [0.15, 0.2) is 0 Å². The quantitative estimate of drug-likeness (QED) is 0.797. The highest BCUT2D eigenvalue weighted by molar-refractivity contribution is 5.90. The van der Waals surface area contributed by atoms with E-state index in [4.69, 9.17) is 9.15 Å². The average molecular weight is 360 g/mol. The van der Waals surface area contributed by atoms with Crippen LogP contribution in [0.3, 0.4) is 0 Å². The molecule has 3 heterocycles. The average Bonchev–Trinajstić information content (AvgIpc) is 2.92. The lowest BCUT2D eigenvalue weighted by Crippen LogP contribution is -2.41. The number of nitrogens with zero attached hydrogens (tertiary/aromatic N) is 3. The van der Waals surface area contributed by atoms with E-state index in [9.17, 15) is 4.79 Å². The molecule has 2 aromatic heterocycles. The number of hydrogen-bond acceptors (Lipinski definition) is 6. The summed E-state index contributed by atoms with van der Waals surface area (Å²) in [6.07, 6.45) is 2.51. The van der Waals surface area contributed by atoms with Crippen molar-refractivity contribution >= 4 is 22.8 Å². The molecule has 2 aromatic rings. The van der Waals surface area contributed by atoms with Crippen molar-refractivity contribution in [2.45, 2.75) is 40.0 Å². The van der Waals surface area contributed by atoms with Crippen molar-refractivity contribution in [2.75, 3.05) is 38.3 Å². The van der Waals surface area contributed by atoms with Crippen LogP contribution in [0.1, 0.15) is 36.4 Å². The summed E-state index contributed by atoms with van der Waals surface area (Å²) in [6, 6.07) is 0. The van der Waals surface area contributed by atoms with Crippen LogP contribution in [0.15, 0.2) is 4.42 Å². The largest absolute Gasteiger partial charge is 0.443 e. The number of rotatable bonds is 6. The van der Waals surface area contributed by atoms with Crippen LogP contribution < -0.4 is 10.2 Å². The molecule has 0 aromatic carbocycles. The van der Waals surface area contributed by atoms with Gasteiger partial charge in [0.1, 0.15) is 17.4 Å². The number of ether oxygens (including phenoxy) is 1. The molecule has 7 nitrogen and oxygen atoms in total. The molecule has 0 spiro atoms. The Morgan fingerprint density at radius 3 is 2.69 bits per heavy atom. The second kappa shape index (κ2) is 8.03. The molecule has 1 N–H and O–H groups in total. The number of anilines is 1. The fourth-order valence-corrected chi connectivity index (χ4v) is 3.49. The van der Waals surface area contributed by atoms with Crippen molar-refractivity contribution in [3.8, 4) is 0 Å². The molecule has 3 rings (SSSR count). The van der Waals surface area contributed by atoms with E-state index in [-0.39, 0.29) is 11.8 Å². The lowest BCUT2D eigenvalue weighted by molar-refractivity contribution is -0.125. The lowest BCUT2D eigenvalue weighted by Gasteiger charge is -2.32. The first kappa shape index (κ1) is 18.6. The van der Waals surface area contributed by atoms with E-state index in [2.05, 4.69) is 20.2 Å². The van der Waals surface area contributed by atoms with Gasteiger partial charge in [0.05, 0.1) is 5.39 Å². The molecular weight excluding hydrogens is 332 g/mol. The molecule has 1 saturated heterocycles. The van der Waals surface area contributed by atoms with Gasteiger partial charge in [-0.3, -0.25) is 4.79 Å². The Kier molecular flexibility index (Phi) is 5.76. The molecule has 0 radical (unpaired) electrons. The molecular formula is C19H28N4O3. The maximum absolute atomic E-state index is 12.3. The minimum absolute atomic E-state index is 0.0689. The SMILES string of the molecule is COCCCNC(=O)C1CCN(c2nc(C)nc3oc(C)c(C)c23)CC1. The van der Waals surface area contributed by atoms with Crippen molar-refractivity contribution < 1.29 is 13.9 Å². The van der Waals surface area contributed by atoms with Gasteiger partial charge in [0, 0.05) is 44.8 Å². The highest BCUT2D eigenvalue weighted by Crippen LogP contribution is 2.33. The number of aryl methyl sites for hydroxylation is 3. The van der Waals surface area contributed by atoms with E-state index >= 15 is 0 Å². The first-order valence-corrected chi connectivity index (χ1v) is 9.27. The van der Waals surface area contributed by atoms with Gasteiger partial charge in [-0.25, -0.2) is 4.98 Å². The summed E-state index contributed by atoms with van der Waals surface area (Å²) in [5.41, 5.74) is 1.74. The normalized spacial score (nSPS) is 15.6. The monoisotopic (exact) mass is 360 g/mol. The number of hydrogen-bond donors (Lipinski definition) is 1. The van der Waals surface area contributed by atoms with Crippen molar-refractivity contribution in [3.05, 3.63) is 17.1 Å². The number of furan rings is 1. The van der Waals surface area contributed by atoms with Crippen molar-refractivity contribution in [1.82, 2.24) is 15.3 Å². The summed E-state index contributed by atoms with van der Waals surface area (Å²) in [4.78, 5) is 23.7. The molecule has 1 aliphatic rings. The Morgan fingerprint density at radius 1 is 1.27 bits per heavy atom. The van der Waals surface area contributed by atoms with Gasteiger partial charge in [0.2, 0.25) is 11.6 Å². The zero-order valence-electron chi connectivity index (χ0n) is 16.1. The minimum atomic E-state index is 0.0689. The van der Waals surface area contributed by atoms with Gasteiger partial charge < -0.3 is 19.4 Å². The topological polar surface area (TPSA) is 80.5 Å². The molecule has 0 atom stereocenters. The van der Waals surface area contributed by atoms with Crippen LogP contribution in [0.4, 0.5) is 5.82 Å². The van der Waals surface area contributed by atoms with Crippen LogP contribution in [0.25, 0.3) is 11.1 Å². The maximum Gasteiger partial charge on any atom is 0.231 e. The Labute approximate surface area is 154 Å². The first-order valence-electron chi connectivity index (χ1n) is 9.27. The molecule has 142 valence electrons. The van der Waals surface area contributed by atoms with Gasteiger partial charge in [-0.15, -0.1) is 0 Å². The smallest absolute Gasteiger partial charge is 0.231 e. The number of nitrogens with one attached hydrogen (secondary N) is 1. The van der Waals surface area contributed by atoms with Crippen LogP contribution >= 0.6 is 0 Å². The summed E-state index contributed by atoms with van der Waals surface area (Å²) >= 11 is 0. The standard InChI is InChI=1S/C19H28N4O3/c1-12-13(2)26-19-16(12)17(21-14(3)22-19)23-9-6-15(7-10-23)18(24)20-8-5-11-25-4/h15H,5-11H2,1-4H3,(H,20,24). The van der Waals surface area contributed by atoms with Crippen LogP contribution in [-0.2, 0) is 9.53 Å². The van der Waals surface area contributed by atoms with E-state index in [1.165, 1.54) is 0 Å². The Morgan fingerprint density at radius 2 is 2.00 bits per heavy atom. The molecule has 1 amide bonds. The van der Waals surface area contributed by atoms with E-state index in [0.29, 0.717) is 24.7 Å². The Hall–Kier alpha value is -2.15. The third-order valence-electron chi connectivity index (χ3n) is 5.11. The first-order chi connectivity index (χ1) is 12.5. The van der Waals surface area contributed by atoms with Crippen LogP contribution in [-0.4, -0.2) is 49.2 Å². The fraction of sp³-hybridized carbons (Fsp3) is 0.632. The number of amides is 1. The lowest BCUT2D eigenvalue weighted by atomic mass is 9.95. The fourth-order valence-electron chi connectivity index (χ4n) is 3.49. The molecule has 0 saturated carbocycles. The third-order valence-corrected chi connectivity index (χ3v) is 5.11. The summed E-state index contributed by atoms with van der Waals surface area (Å²) < 4.78 is 10.8. The minimum Gasteiger partial charge on any atom is -0.443 e. The van der Waals surface area contributed by atoms with Crippen LogP contribution in [0, 0.1) is 26.7 Å². The van der Waals surface area contributed by atoms with Gasteiger partial charge in [0.25, 0.3) is 0 Å². The predicted molar refractivity (Wildman–Crippen MR) is 100 cm³/mol.